The number of aliphatic carboxylic acids is 1. The summed E-state index contributed by atoms with van der Waals surface area (Å²) in [5, 5.41) is 10.3. The first-order valence-electron chi connectivity index (χ1n) is 12.4. The van der Waals surface area contributed by atoms with E-state index in [4.69, 9.17) is 14.6 Å². The Labute approximate surface area is 215 Å². The van der Waals surface area contributed by atoms with E-state index in [1.807, 2.05) is 0 Å². The minimum atomic E-state index is -5.08. The quantitative estimate of drug-likeness (QED) is 0.491. The number of carboxylic acid groups (broad SMARTS) is 1. The van der Waals surface area contributed by atoms with E-state index in [0.29, 0.717) is 24.4 Å². The Balaban J connectivity index is 0.000000505. The van der Waals surface area contributed by atoms with E-state index < -0.39 is 29.7 Å². The molecule has 38 heavy (non-hydrogen) atoms. The van der Waals surface area contributed by atoms with Gasteiger partial charge in [0.2, 0.25) is 5.91 Å². The van der Waals surface area contributed by atoms with E-state index in [1.165, 1.54) is 6.07 Å². The molecule has 2 saturated heterocycles. The summed E-state index contributed by atoms with van der Waals surface area (Å²) in [5.41, 5.74) is -0.471. The van der Waals surface area contributed by atoms with Gasteiger partial charge < -0.3 is 15.2 Å². The Morgan fingerprint density at radius 1 is 1.05 bits per heavy atom. The number of likely N-dealkylation sites (tertiary alicyclic amines) is 1. The number of ether oxygens (including phenoxy) is 1. The fraction of sp³-hybridized carbons (Fsp3) is 0.680. The monoisotopic (exact) mass is 556 g/mol. The lowest BCUT2D eigenvalue weighted by molar-refractivity contribution is -0.192. The molecule has 3 fully saturated rings. The number of hydrogen-bond acceptors (Lipinski definition) is 4. The molecule has 214 valence electrons. The minimum Gasteiger partial charge on any atom is -0.475 e. The zero-order valence-electron chi connectivity index (χ0n) is 20.6. The van der Waals surface area contributed by atoms with E-state index in [0.717, 1.165) is 77.0 Å². The number of carboxylic acids is 1. The molecule has 6 nitrogen and oxygen atoms in total. The standard InChI is InChI=1S/C23H30F4N2O2.C2HF3O2/c24-20-2-1-17(11-19(20)23(25,26)27)15-29-7-5-22(6-8-29)13-18(14-22)28-21(30)12-16-3-9-31-10-4-16;3-2(4,5)1(6)7/h1-2,11,16,18H,3-10,12-15H2,(H,28,30);(H,6,7). The molecule has 0 atom stereocenters. The first-order chi connectivity index (χ1) is 17.7. The maximum Gasteiger partial charge on any atom is 0.490 e. The summed E-state index contributed by atoms with van der Waals surface area (Å²) in [7, 11) is 0. The van der Waals surface area contributed by atoms with Crippen molar-refractivity contribution in [3.63, 3.8) is 0 Å². The van der Waals surface area contributed by atoms with Crippen molar-refractivity contribution < 1.29 is 50.2 Å². The van der Waals surface area contributed by atoms with Gasteiger partial charge in [-0.25, -0.2) is 9.18 Å². The van der Waals surface area contributed by atoms with Crippen molar-refractivity contribution in [1.29, 1.82) is 0 Å². The molecule has 2 N–H and O–H groups in total. The summed E-state index contributed by atoms with van der Waals surface area (Å²) < 4.78 is 89.4. The van der Waals surface area contributed by atoms with Crippen LogP contribution in [0.3, 0.4) is 0 Å². The molecule has 1 aliphatic carbocycles. The van der Waals surface area contributed by atoms with Crippen LogP contribution in [0.4, 0.5) is 30.7 Å². The van der Waals surface area contributed by atoms with Crippen LogP contribution in [-0.4, -0.2) is 60.4 Å². The molecule has 2 heterocycles. The average Bonchev–Trinajstić information content (AvgIpc) is 2.80. The Kier molecular flexibility index (Phi) is 9.66. The first-order valence-corrected chi connectivity index (χ1v) is 12.4. The van der Waals surface area contributed by atoms with Crippen molar-refractivity contribution >= 4 is 11.9 Å². The molecule has 0 unspecified atom stereocenters. The van der Waals surface area contributed by atoms with E-state index in [2.05, 4.69) is 10.2 Å². The van der Waals surface area contributed by atoms with Crippen LogP contribution < -0.4 is 5.32 Å². The molecular formula is C25H31F7N2O4. The summed E-state index contributed by atoms with van der Waals surface area (Å²) in [6.07, 6.45) is -3.35. The van der Waals surface area contributed by atoms with Gasteiger partial charge in [-0.05, 0) is 80.6 Å². The molecule has 13 heteroatoms. The largest absolute Gasteiger partial charge is 0.490 e. The molecule has 1 saturated carbocycles. The van der Waals surface area contributed by atoms with Gasteiger partial charge in [0, 0.05) is 32.2 Å². The fourth-order valence-corrected chi connectivity index (χ4v) is 5.33. The van der Waals surface area contributed by atoms with E-state index >= 15 is 0 Å². The third-order valence-electron chi connectivity index (χ3n) is 7.44. The van der Waals surface area contributed by atoms with Gasteiger partial charge in [-0.15, -0.1) is 0 Å². The Morgan fingerprint density at radius 2 is 1.63 bits per heavy atom. The molecule has 0 radical (unpaired) electrons. The van der Waals surface area contributed by atoms with Gasteiger partial charge >= 0.3 is 18.3 Å². The van der Waals surface area contributed by atoms with Crippen LogP contribution in [-0.2, 0) is 27.0 Å². The van der Waals surface area contributed by atoms with Gasteiger partial charge in [0.15, 0.2) is 0 Å². The molecule has 2 aliphatic heterocycles. The van der Waals surface area contributed by atoms with Crippen LogP contribution in [0.2, 0.25) is 0 Å². The lowest BCUT2D eigenvalue weighted by Crippen LogP contribution is -2.55. The molecule has 0 bridgehead atoms. The van der Waals surface area contributed by atoms with Crippen molar-refractivity contribution in [2.45, 2.75) is 69.9 Å². The van der Waals surface area contributed by atoms with E-state index in [-0.39, 0.29) is 17.4 Å². The Hall–Kier alpha value is -2.41. The number of halogens is 7. The highest BCUT2D eigenvalue weighted by atomic mass is 19.4. The molecular weight excluding hydrogens is 525 g/mol. The van der Waals surface area contributed by atoms with Gasteiger partial charge in [0.25, 0.3) is 0 Å². The summed E-state index contributed by atoms with van der Waals surface area (Å²) >= 11 is 0. The van der Waals surface area contributed by atoms with E-state index in [9.17, 15) is 35.5 Å². The van der Waals surface area contributed by atoms with Crippen molar-refractivity contribution in [3.05, 3.63) is 35.1 Å². The number of nitrogens with one attached hydrogen (secondary N) is 1. The molecule has 3 aliphatic rings. The van der Waals surface area contributed by atoms with Crippen LogP contribution in [0, 0.1) is 17.2 Å². The van der Waals surface area contributed by atoms with Crippen LogP contribution in [0.25, 0.3) is 0 Å². The van der Waals surface area contributed by atoms with Crippen LogP contribution in [0.5, 0.6) is 0 Å². The zero-order valence-corrected chi connectivity index (χ0v) is 20.6. The second kappa shape index (κ2) is 12.2. The zero-order chi connectivity index (χ0) is 28.1. The van der Waals surface area contributed by atoms with Gasteiger partial charge in [-0.1, -0.05) is 6.07 Å². The SMILES string of the molecule is O=C(CC1CCOCC1)NC1CC2(CCN(Cc3ccc(F)c(C(F)(F)F)c3)CC2)C1.O=C(O)C(F)(F)F. The second-order valence-electron chi connectivity index (χ2n) is 10.3. The highest BCUT2D eigenvalue weighted by Crippen LogP contribution is 2.49. The maximum atomic E-state index is 13.5. The third-order valence-corrected chi connectivity index (χ3v) is 7.44. The van der Waals surface area contributed by atoms with Crippen molar-refractivity contribution in [2.75, 3.05) is 26.3 Å². The van der Waals surface area contributed by atoms with Crippen LogP contribution in [0.1, 0.15) is 56.1 Å². The predicted molar refractivity (Wildman–Crippen MR) is 121 cm³/mol. The van der Waals surface area contributed by atoms with Gasteiger partial charge in [0.1, 0.15) is 5.82 Å². The molecule has 1 aromatic carbocycles. The average molecular weight is 557 g/mol. The number of carbonyl (C=O) groups excluding carboxylic acids is 1. The number of carbonyl (C=O) groups is 2. The van der Waals surface area contributed by atoms with Crippen molar-refractivity contribution in [1.82, 2.24) is 10.2 Å². The number of hydrogen-bond donors (Lipinski definition) is 2. The second-order valence-corrected chi connectivity index (χ2v) is 10.3. The maximum absolute atomic E-state index is 13.5. The third kappa shape index (κ3) is 8.55. The van der Waals surface area contributed by atoms with Gasteiger partial charge in [-0.3, -0.25) is 9.69 Å². The number of alkyl halides is 6. The predicted octanol–water partition coefficient (Wildman–Crippen LogP) is 5.16. The highest BCUT2D eigenvalue weighted by Gasteiger charge is 2.46. The summed E-state index contributed by atoms with van der Waals surface area (Å²) in [4.78, 5) is 23.3. The summed E-state index contributed by atoms with van der Waals surface area (Å²) in [6, 6.07) is 3.50. The van der Waals surface area contributed by atoms with Crippen LogP contribution >= 0.6 is 0 Å². The number of amides is 1. The lowest BCUT2D eigenvalue weighted by atomic mass is 9.60. The lowest BCUT2D eigenvalue weighted by Gasteiger charge is -2.52. The molecule has 1 spiro atoms. The first kappa shape index (κ1) is 30.1. The minimum absolute atomic E-state index is 0.140. The van der Waals surface area contributed by atoms with Gasteiger partial charge in [0.05, 0.1) is 5.56 Å². The van der Waals surface area contributed by atoms with E-state index in [1.54, 1.807) is 0 Å². The molecule has 1 amide bonds. The smallest absolute Gasteiger partial charge is 0.475 e. The van der Waals surface area contributed by atoms with Crippen molar-refractivity contribution in [3.8, 4) is 0 Å². The normalized spacial score (nSPS) is 20.8. The molecule has 1 aromatic rings. The number of nitrogens with zero attached hydrogens (tertiary/aromatic N) is 1. The number of piperidine rings is 1. The number of rotatable bonds is 5. The van der Waals surface area contributed by atoms with Crippen LogP contribution in [0.15, 0.2) is 18.2 Å². The summed E-state index contributed by atoms with van der Waals surface area (Å²) in [5.74, 6) is -3.42. The molecule has 4 rings (SSSR count). The van der Waals surface area contributed by atoms with Crippen molar-refractivity contribution in [2.24, 2.45) is 11.3 Å². The highest BCUT2D eigenvalue weighted by molar-refractivity contribution is 5.76. The number of benzene rings is 1. The van der Waals surface area contributed by atoms with Gasteiger partial charge in [-0.2, -0.15) is 26.3 Å². The summed E-state index contributed by atoms with van der Waals surface area (Å²) in [6.45, 7) is 3.50. The molecule has 0 aromatic heterocycles. The fourth-order valence-electron chi connectivity index (χ4n) is 5.33. The Morgan fingerprint density at radius 3 is 2.16 bits per heavy atom. The topological polar surface area (TPSA) is 78.9 Å². The Bertz CT molecular complexity index is 961.